The van der Waals surface area contributed by atoms with Gasteiger partial charge in [-0.2, -0.15) is 0 Å². The van der Waals surface area contributed by atoms with Gasteiger partial charge >= 0.3 is 0 Å². The first-order valence-corrected chi connectivity index (χ1v) is 27.0. The minimum atomic E-state index is 0.517. The van der Waals surface area contributed by atoms with E-state index in [9.17, 15) is 0 Å². The zero-order valence-corrected chi connectivity index (χ0v) is 43.7. The van der Waals surface area contributed by atoms with Crippen molar-refractivity contribution in [3.05, 3.63) is 266 Å². The highest BCUT2D eigenvalue weighted by Crippen LogP contribution is 2.42. The molecule has 11 aromatic carbocycles. The molecule has 0 radical (unpaired) electrons. The van der Waals surface area contributed by atoms with Gasteiger partial charge in [-0.25, -0.2) is 0 Å². The van der Waals surface area contributed by atoms with E-state index in [0.717, 1.165) is 94.2 Å². The summed E-state index contributed by atoms with van der Waals surface area (Å²) in [6.07, 6.45) is 4.22. The molecule has 0 fully saturated rings. The lowest BCUT2D eigenvalue weighted by Gasteiger charge is -2.13. The number of aromatic nitrogens is 3. The Morgan fingerprint density at radius 2 is 0.848 bits per heavy atom. The molecular weight excluding hydrogens is 965 g/mol. The van der Waals surface area contributed by atoms with Crippen LogP contribution in [0, 0.1) is 6.92 Å². The van der Waals surface area contributed by atoms with Gasteiger partial charge in [0, 0.05) is 83.2 Å². The summed E-state index contributed by atoms with van der Waals surface area (Å²) < 4.78 is 20.4. The van der Waals surface area contributed by atoms with Crippen LogP contribution in [0.15, 0.2) is 258 Å². The summed E-state index contributed by atoms with van der Waals surface area (Å²) >= 11 is 0. The number of allylic oxidation sites excluding steroid dienone is 1. The molecule has 16 aromatic rings. The second-order valence-corrected chi connectivity index (χ2v) is 20.5. The maximum absolute atomic E-state index is 6.70. The highest BCUT2D eigenvalue weighted by atomic mass is 16.3. The summed E-state index contributed by atoms with van der Waals surface area (Å²) in [5.74, 6) is 0. The average Bonchev–Trinajstić information content (AvgIpc) is 4.51. The van der Waals surface area contributed by atoms with Crippen molar-refractivity contribution in [2.75, 3.05) is 0 Å². The number of hydrogen-bond donors (Lipinski definition) is 1. The Labute approximate surface area is 455 Å². The van der Waals surface area contributed by atoms with Gasteiger partial charge in [0.15, 0.2) is 5.58 Å². The maximum atomic E-state index is 6.70. The first-order valence-electron chi connectivity index (χ1n) is 27.0. The number of para-hydroxylation sites is 8. The lowest BCUT2D eigenvalue weighted by atomic mass is 9.99. The van der Waals surface area contributed by atoms with Crippen LogP contribution in [-0.2, 0) is 6.54 Å². The Bertz CT molecular complexity index is 5000. The average molecular weight is 1020 g/mol. The fourth-order valence-corrected chi connectivity index (χ4v) is 12.5. The zero-order chi connectivity index (χ0) is 52.7. The molecule has 0 atom stereocenters. The number of benzene rings is 11. The molecule has 0 bridgehead atoms. The second-order valence-electron chi connectivity index (χ2n) is 20.5. The number of nitrogens with zero attached hydrogens (tertiary/aromatic N) is 3. The van der Waals surface area contributed by atoms with Gasteiger partial charge in [0.05, 0.1) is 33.3 Å². The zero-order valence-electron chi connectivity index (χ0n) is 43.7. The Morgan fingerprint density at radius 3 is 1.43 bits per heavy atom. The van der Waals surface area contributed by atoms with Crippen molar-refractivity contribution in [3.8, 4) is 39.3 Å². The first-order chi connectivity index (χ1) is 39.0. The van der Waals surface area contributed by atoms with Crippen LogP contribution in [0.3, 0.4) is 0 Å². The van der Waals surface area contributed by atoms with Gasteiger partial charge in [0.2, 0.25) is 0 Å². The highest BCUT2D eigenvalue weighted by Gasteiger charge is 2.21. The number of hydrogen-bond acceptors (Lipinski definition) is 3. The van der Waals surface area contributed by atoms with Crippen LogP contribution < -0.4 is 5.73 Å². The predicted molar refractivity (Wildman–Crippen MR) is 331 cm³/mol. The van der Waals surface area contributed by atoms with Gasteiger partial charge < -0.3 is 28.3 Å². The first kappa shape index (κ1) is 46.2. The molecule has 0 aliphatic rings. The Hall–Kier alpha value is -10.1. The minimum Gasteiger partial charge on any atom is -0.455 e. The number of furan rings is 2. The van der Waals surface area contributed by atoms with Crippen LogP contribution >= 0.6 is 0 Å². The maximum Gasteiger partial charge on any atom is 0.159 e. The third kappa shape index (κ3) is 7.30. The van der Waals surface area contributed by atoms with Crippen LogP contribution in [0.2, 0.25) is 0 Å². The van der Waals surface area contributed by atoms with Gasteiger partial charge in [-0.3, -0.25) is 0 Å². The monoisotopic (exact) mass is 1020 g/mol. The van der Waals surface area contributed by atoms with Crippen LogP contribution in [-0.4, -0.2) is 13.7 Å². The molecule has 0 aliphatic carbocycles. The van der Waals surface area contributed by atoms with Crippen molar-refractivity contribution < 1.29 is 8.83 Å². The van der Waals surface area contributed by atoms with Gasteiger partial charge in [-0.15, -0.1) is 0 Å². The third-order valence-electron chi connectivity index (χ3n) is 16.0. The standard InChI is InChI=1S/C54H32N2O2.C19H20N2/c1-5-21-46-38(14-1)39-15-2-6-22-47(39)55(46)36-13-9-12-35(30-36)37-18-10-19-42-44-31-33(26-28-51(44)57-53(37)42)34-27-29-52-45(32-34)43-20-11-25-50(54(43)58-52)56-48-23-7-3-16-40(48)41-17-4-8-24-49(41)56;1-3-8-15-16-10-5-7-12-18(16)21(19(15)13-20)17-11-6-4-9-14(17)2/h1-32H;3-12H,13,20H2,1-2H3/b;8-3-. The molecule has 0 saturated heterocycles. The van der Waals surface area contributed by atoms with Crippen LogP contribution in [0.1, 0.15) is 23.7 Å². The fourth-order valence-electron chi connectivity index (χ4n) is 12.5. The Morgan fingerprint density at radius 1 is 0.380 bits per heavy atom. The van der Waals surface area contributed by atoms with Crippen LogP contribution in [0.5, 0.6) is 0 Å². The lowest BCUT2D eigenvalue weighted by molar-refractivity contribution is 0.666. The van der Waals surface area contributed by atoms with Crippen molar-refractivity contribution >= 4 is 104 Å². The van der Waals surface area contributed by atoms with E-state index in [1.54, 1.807) is 0 Å². The molecule has 5 aromatic heterocycles. The van der Waals surface area contributed by atoms with Gasteiger partial charge in [0.25, 0.3) is 0 Å². The topological polar surface area (TPSA) is 67.1 Å². The quantitative estimate of drug-likeness (QED) is 0.173. The molecule has 376 valence electrons. The molecule has 0 amide bonds. The molecule has 6 nitrogen and oxygen atoms in total. The Kier molecular flexibility index (Phi) is 10.8. The molecule has 79 heavy (non-hydrogen) atoms. The summed E-state index contributed by atoms with van der Waals surface area (Å²) in [5, 5.41) is 10.6. The number of aryl methyl sites for hydroxylation is 1. The van der Waals surface area contributed by atoms with Gasteiger partial charge in [0.1, 0.15) is 16.7 Å². The summed E-state index contributed by atoms with van der Waals surface area (Å²) in [7, 11) is 0. The lowest BCUT2D eigenvalue weighted by Crippen LogP contribution is -2.07. The van der Waals surface area contributed by atoms with E-state index in [1.165, 1.54) is 60.3 Å². The highest BCUT2D eigenvalue weighted by molar-refractivity contribution is 6.15. The molecule has 0 saturated carbocycles. The number of rotatable bonds is 7. The second kappa shape index (κ2) is 18.6. The summed E-state index contributed by atoms with van der Waals surface area (Å²) in [4.78, 5) is 0. The molecule has 0 aliphatic heterocycles. The smallest absolute Gasteiger partial charge is 0.159 e. The summed E-state index contributed by atoms with van der Waals surface area (Å²) in [5.41, 5.74) is 26.9. The molecule has 2 N–H and O–H groups in total. The summed E-state index contributed by atoms with van der Waals surface area (Å²) in [6, 6.07) is 86.3. The third-order valence-corrected chi connectivity index (χ3v) is 16.0. The van der Waals surface area contributed by atoms with Crippen LogP contribution in [0.25, 0.3) is 144 Å². The van der Waals surface area contributed by atoms with Crippen molar-refractivity contribution in [2.45, 2.75) is 20.4 Å². The van der Waals surface area contributed by atoms with Crippen molar-refractivity contribution in [1.29, 1.82) is 0 Å². The fraction of sp³-hybridized carbons (Fsp3) is 0.0411. The minimum absolute atomic E-state index is 0.517. The molecule has 6 heteroatoms. The Balaban J connectivity index is 0.000000217. The molecule has 16 rings (SSSR count). The van der Waals surface area contributed by atoms with E-state index in [2.05, 4.69) is 275 Å². The summed E-state index contributed by atoms with van der Waals surface area (Å²) in [6.45, 7) is 4.70. The number of nitrogens with two attached hydrogens (primary N) is 1. The van der Waals surface area contributed by atoms with Gasteiger partial charge in [-0.05, 0) is 115 Å². The van der Waals surface area contributed by atoms with E-state index in [1.807, 2.05) is 6.92 Å². The van der Waals surface area contributed by atoms with Gasteiger partial charge in [-0.1, -0.05) is 176 Å². The normalized spacial score (nSPS) is 12.0. The van der Waals surface area contributed by atoms with E-state index in [4.69, 9.17) is 14.6 Å². The SMILES string of the molecule is C/C=C\c1c(CN)n(-c2ccccc2C)c2ccccc12.c1cc(-c2cccc3c2oc2ccc(-c4ccc5oc6c(-n7c8ccccc8c8ccccc87)cccc6c5c4)cc23)cc(-n2c3ccccc3c3ccccc32)c1. The molecule has 0 spiro atoms. The van der Waals surface area contributed by atoms with Crippen LogP contribution in [0.4, 0.5) is 0 Å². The largest absolute Gasteiger partial charge is 0.455 e. The van der Waals surface area contributed by atoms with E-state index < -0.39 is 0 Å². The van der Waals surface area contributed by atoms with E-state index in [0.29, 0.717) is 6.54 Å². The molecule has 0 unspecified atom stereocenters. The molecular formula is C73H52N4O2. The number of fused-ring (bicyclic) bond motifs is 13. The van der Waals surface area contributed by atoms with Crippen molar-refractivity contribution in [3.63, 3.8) is 0 Å². The molecule has 5 heterocycles. The van der Waals surface area contributed by atoms with E-state index >= 15 is 0 Å². The van der Waals surface area contributed by atoms with Crippen molar-refractivity contribution in [1.82, 2.24) is 13.7 Å². The van der Waals surface area contributed by atoms with Crippen molar-refractivity contribution in [2.24, 2.45) is 5.73 Å². The van der Waals surface area contributed by atoms with E-state index in [-0.39, 0.29) is 0 Å². The predicted octanol–water partition coefficient (Wildman–Crippen LogP) is 19.4.